The number of methoxy groups -OCH3 is 1. The number of rotatable bonds is 6. The van der Waals surface area contributed by atoms with Gasteiger partial charge in [0, 0.05) is 61.1 Å². The number of carbonyl (C=O) groups excluding carboxylic acids is 1. The van der Waals surface area contributed by atoms with E-state index in [-0.39, 0.29) is 11.9 Å². The summed E-state index contributed by atoms with van der Waals surface area (Å²) in [4.78, 5) is 30.9. The number of hydrogen-bond acceptors (Lipinski definition) is 4. The molecule has 9 nitrogen and oxygen atoms in total. The number of para-hydroxylation sites is 1. The SMILES string of the molecule is COCCn1c(-c2nc3cc(C(=O)N4CCCC(NC(=O)O)C4)ccn3c2C)cc2ccccc21. The average Bonchev–Trinajstić information content (AvgIpc) is 3.38. The molecular formula is C26H29N5O4. The number of carboxylic acid groups (broad SMARTS) is 1. The predicted octanol–water partition coefficient (Wildman–Crippen LogP) is 3.78. The largest absolute Gasteiger partial charge is 0.465 e. The summed E-state index contributed by atoms with van der Waals surface area (Å²) in [6.45, 7) is 4.30. The predicted molar refractivity (Wildman–Crippen MR) is 133 cm³/mol. The third-order valence-electron chi connectivity index (χ3n) is 6.72. The van der Waals surface area contributed by atoms with E-state index in [1.165, 1.54) is 0 Å². The van der Waals surface area contributed by atoms with E-state index < -0.39 is 6.09 Å². The third kappa shape index (κ3) is 4.35. The summed E-state index contributed by atoms with van der Waals surface area (Å²) in [6.07, 6.45) is 2.31. The normalized spacial score (nSPS) is 16.2. The van der Waals surface area contributed by atoms with Gasteiger partial charge in [-0.05, 0) is 44.0 Å². The van der Waals surface area contributed by atoms with E-state index >= 15 is 0 Å². The molecule has 2 N–H and O–H groups in total. The standard InChI is InChI=1S/C26H29N5O4/c1-17-24(22-14-18-6-3-4-8-21(18)31(22)12-13-35-2)28-23-15-19(9-11-30(17)23)25(32)29-10-5-7-20(16-29)27-26(33)34/h3-4,6,8-9,11,14-15,20,27H,5,7,10,12-13,16H2,1-2H3,(H,33,34). The van der Waals surface area contributed by atoms with Gasteiger partial charge in [0.05, 0.1) is 12.3 Å². The van der Waals surface area contributed by atoms with Crippen molar-refractivity contribution in [2.24, 2.45) is 0 Å². The van der Waals surface area contributed by atoms with Crippen LogP contribution in [0.1, 0.15) is 28.9 Å². The molecule has 1 aliphatic rings. The Morgan fingerprint density at radius 1 is 1.23 bits per heavy atom. The molecule has 1 saturated heterocycles. The quantitative estimate of drug-likeness (QED) is 0.442. The van der Waals surface area contributed by atoms with Gasteiger partial charge in [0.25, 0.3) is 5.91 Å². The van der Waals surface area contributed by atoms with Gasteiger partial charge in [0.1, 0.15) is 11.3 Å². The van der Waals surface area contributed by atoms with Crippen LogP contribution in [0.25, 0.3) is 27.9 Å². The van der Waals surface area contributed by atoms with Gasteiger partial charge in [0.2, 0.25) is 0 Å². The summed E-state index contributed by atoms with van der Waals surface area (Å²) in [5.41, 5.74) is 5.24. The number of aromatic nitrogens is 3. The first-order valence-electron chi connectivity index (χ1n) is 11.8. The average molecular weight is 476 g/mol. The van der Waals surface area contributed by atoms with E-state index in [0.29, 0.717) is 37.5 Å². The first kappa shape index (κ1) is 22.9. The van der Waals surface area contributed by atoms with Crippen molar-refractivity contribution in [1.29, 1.82) is 0 Å². The number of benzene rings is 1. The summed E-state index contributed by atoms with van der Waals surface area (Å²) in [5.74, 6) is -0.110. The van der Waals surface area contributed by atoms with Crippen molar-refractivity contribution in [3.8, 4) is 11.4 Å². The molecule has 1 fully saturated rings. The second kappa shape index (κ2) is 9.42. The van der Waals surface area contributed by atoms with Crippen molar-refractivity contribution in [3.63, 3.8) is 0 Å². The molecule has 0 radical (unpaired) electrons. The molecule has 2 amide bonds. The van der Waals surface area contributed by atoms with Crippen LogP contribution >= 0.6 is 0 Å². The molecule has 4 aromatic rings. The molecule has 4 heterocycles. The second-order valence-electron chi connectivity index (χ2n) is 8.96. The number of carbonyl (C=O) groups is 2. The van der Waals surface area contributed by atoms with Gasteiger partial charge in [-0.2, -0.15) is 0 Å². The van der Waals surface area contributed by atoms with Gasteiger partial charge in [-0.3, -0.25) is 4.79 Å². The minimum Gasteiger partial charge on any atom is -0.465 e. The van der Waals surface area contributed by atoms with Crippen molar-refractivity contribution < 1.29 is 19.4 Å². The van der Waals surface area contributed by atoms with E-state index in [4.69, 9.17) is 14.8 Å². The van der Waals surface area contributed by atoms with Gasteiger partial charge in [-0.15, -0.1) is 0 Å². The van der Waals surface area contributed by atoms with Crippen molar-refractivity contribution >= 4 is 28.6 Å². The maximum Gasteiger partial charge on any atom is 0.404 e. The molecule has 1 aromatic carbocycles. The Bertz CT molecular complexity index is 1410. The fraction of sp³-hybridized carbons (Fsp3) is 0.346. The van der Waals surface area contributed by atoms with Crippen LogP contribution in [0.4, 0.5) is 4.79 Å². The molecule has 0 aliphatic carbocycles. The smallest absolute Gasteiger partial charge is 0.404 e. The lowest BCUT2D eigenvalue weighted by atomic mass is 10.0. The maximum atomic E-state index is 13.2. The van der Waals surface area contributed by atoms with Crippen LogP contribution in [0, 0.1) is 6.92 Å². The van der Waals surface area contributed by atoms with Gasteiger partial charge in [0.15, 0.2) is 0 Å². The molecule has 5 rings (SSSR count). The number of hydrogen-bond donors (Lipinski definition) is 2. The monoisotopic (exact) mass is 475 g/mol. The number of fused-ring (bicyclic) bond motifs is 2. The number of nitrogens with zero attached hydrogens (tertiary/aromatic N) is 4. The number of imidazole rings is 1. The second-order valence-corrected chi connectivity index (χ2v) is 8.96. The molecule has 0 bridgehead atoms. The minimum absolute atomic E-state index is 0.110. The van der Waals surface area contributed by atoms with Crippen LogP contribution < -0.4 is 5.32 Å². The molecule has 1 atom stereocenters. The highest BCUT2D eigenvalue weighted by atomic mass is 16.5. The summed E-state index contributed by atoms with van der Waals surface area (Å²) >= 11 is 0. The van der Waals surface area contributed by atoms with Crippen LogP contribution in [0.2, 0.25) is 0 Å². The zero-order chi connectivity index (χ0) is 24.5. The van der Waals surface area contributed by atoms with E-state index in [2.05, 4.69) is 28.1 Å². The van der Waals surface area contributed by atoms with Gasteiger partial charge in [-0.1, -0.05) is 18.2 Å². The molecule has 35 heavy (non-hydrogen) atoms. The minimum atomic E-state index is -1.06. The Morgan fingerprint density at radius 3 is 2.86 bits per heavy atom. The number of piperidine rings is 1. The van der Waals surface area contributed by atoms with Crippen LogP contribution in [-0.4, -0.2) is 68.8 Å². The molecular weight excluding hydrogens is 446 g/mol. The van der Waals surface area contributed by atoms with Crippen LogP contribution in [0.3, 0.4) is 0 Å². The summed E-state index contributed by atoms with van der Waals surface area (Å²) in [7, 11) is 1.70. The number of amides is 2. The lowest BCUT2D eigenvalue weighted by molar-refractivity contribution is 0.0692. The number of aryl methyl sites for hydroxylation is 1. The van der Waals surface area contributed by atoms with Gasteiger partial charge in [-0.25, -0.2) is 9.78 Å². The Balaban J connectivity index is 1.49. The molecule has 1 unspecified atom stereocenters. The number of nitrogens with one attached hydrogen (secondary N) is 1. The summed E-state index contributed by atoms with van der Waals surface area (Å²) < 4.78 is 9.57. The first-order valence-corrected chi connectivity index (χ1v) is 11.8. The highest BCUT2D eigenvalue weighted by Gasteiger charge is 2.26. The lowest BCUT2D eigenvalue weighted by Gasteiger charge is -2.32. The van der Waals surface area contributed by atoms with Crippen LogP contribution in [-0.2, 0) is 11.3 Å². The Kier molecular flexibility index (Phi) is 6.17. The molecule has 0 spiro atoms. The Morgan fingerprint density at radius 2 is 2.06 bits per heavy atom. The van der Waals surface area contributed by atoms with E-state index in [0.717, 1.165) is 40.8 Å². The zero-order valence-corrected chi connectivity index (χ0v) is 19.9. The van der Waals surface area contributed by atoms with Crippen molar-refractivity contribution in [3.05, 3.63) is 59.9 Å². The van der Waals surface area contributed by atoms with Crippen molar-refractivity contribution in [2.75, 3.05) is 26.8 Å². The summed E-state index contributed by atoms with van der Waals surface area (Å²) in [5, 5.41) is 12.7. The Hall–Kier alpha value is -3.85. The first-order chi connectivity index (χ1) is 17.0. The van der Waals surface area contributed by atoms with Gasteiger partial charge < -0.3 is 29.0 Å². The van der Waals surface area contributed by atoms with Crippen molar-refractivity contribution in [1.82, 2.24) is 24.2 Å². The van der Waals surface area contributed by atoms with Crippen LogP contribution in [0.15, 0.2) is 48.7 Å². The molecule has 182 valence electrons. The Labute approximate surface area is 202 Å². The van der Waals surface area contributed by atoms with E-state index in [9.17, 15) is 9.59 Å². The molecule has 3 aromatic heterocycles. The van der Waals surface area contributed by atoms with E-state index in [1.54, 1.807) is 12.0 Å². The topological polar surface area (TPSA) is 101 Å². The molecule has 1 aliphatic heterocycles. The fourth-order valence-corrected chi connectivity index (χ4v) is 5.01. The highest BCUT2D eigenvalue weighted by Crippen LogP contribution is 2.31. The van der Waals surface area contributed by atoms with Crippen molar-refractivity contribution in [2.45, 2.75) is 32.4 Å². The number of ether oxygens (including phenoxy) is 1. The summed E-state index contributed by atoms with van der Waals surface area (Å²) in [6, 6.07) is 13.8. The van der Waals surface area contributed by atoms with Gasteiger partial charge >= 0.3 is 6.09 Å². The molecule has 9 heteroatoms. The number of likely N-dealkylation sites (tertiary alicyclic amines) is 1. The number of pyridine rings is 1. The highest BCUT2D eigenvalue weighted by molar-refractivity contribution is 5.95. The van der Waals surface area contributed by atoms with Crippen LogP contribution in [0.5, 0.6) is 0 Å². The fourth-order valence-electron chi connectivity index (χ4n) is 5.01. The van der Waals surface area contributed by atoms with E-state index in [1.807, 2.05) is 41.8 Å². The molecule has 0 saturated carbocycles. The lowest BCUT2D eigenvalue weighted by Crippen LogP contribution is -2.49. The maximum absolute atomic E-state index is 13.2. The zero-order valence-electron chi connectivity index (χ0n) is 19.9. The third-order valence-corrected chi connectivity index (χ3v) is 6.72.